The van der Waals surface area contributed by atoms with Crippen LogP contribution >= 0.6 is 0 Å². The van der Waals surface area contributed by atoms with Gasteiger partial charge in [0.1, 0.15) is 0 Å². The number of aryl methyl sites for hydroxylation is 2. The number of hydrogen-bond acceptors (Lipinski definition) is 6. The molecule has 6 heteroatoms. The van der Waals surface area contributed by atoms with Crippen molar-refractivity contribution in [3.63, 3.8) is 0 Å². The van der Waals surface area contributed by atoms with E-state index in [1.54, 1.807) is 42.5 Å². The van der Waals surface area contributed by atoms with Crippen LogP contribution < -0.4 is 14.2 Å². The first kappa shape index (κ1) is 24.6. The van der Waals surface area contributed by atoms with Crippen LogP contribution in [-0.4, -0.2) is 33.1 Å². The molecule has 0 amide bonds. The highest BCUT2D eigenvalue weighted by Gasteiger charge is 2.25. The Hall–Kier alpha value is -4.06. The highest BCUT2D eigenvalue weighted by Crippen LogP contribution is 2.38. The van der Waals surface area contributed by atoms with Crippen LogP contribution in [0.2, 0.25) is 0 Å². The fourth-order valence-electron chi connectivity index (χ4n) is 3.40. The molecule has 0 aromatic heterocycles. The Kier molecular flexibility index (Phi) is 8.09. The molecular weight excluding hydrogens is 432 g/mol. The van der Waals surface area contributed by atoms with Gasteiger partial charge in [0.2, 0.25) is 11.5 Å². The Labute approximate surface area is 199 Å². The molecule has 0 unspecified atom stereocenters. The molecule has 0 aliphatic carbocycles. The molecule has 3 aromatic rings. The summed E-state index contributed by atoms with van der Waals surface area (Å²) in [5.74, 6) is 0.426. The van der Waals surface area contributed by atoms with Gasteiger partial charge in [0, 0.05) is 17.2 Å². The number of rotatable bonds is 9. The van der Waals surface area contributed by atoms with Gasteiger partial charge in [-0.2, -0.15) is 0 Å². The second-order valence-electron chi connectivity index (χ2n) is 7.75. The molecule has 0 saturated heterocycles. The van der Waals surface area contributed by atoms with Gasteiger partial charge in [-0.3, -0.25) is 4.79 Å². The molecular formula is C28H28O6. The molecule has 34 heavy (non-hydrogen) atoms. The van der Waals surface area contributed by atoms with E-state index in [1.807, 2.05) is 38.1 Å². The predicted molar refractivity (Wildman–Crippen MR) is 131 cm³/mol. The standard InChI is InChI=1S/C28H28O6/c1-18-6-11-21(12-7-18)26(30)27(22-13-8-19(2)9-14-22)34-25(29)15-10-20-16-23(31-3)28(33-5)24(17-20)32-4/h6-17,27H,1-5H3/b15-10+/t27-/m0/s1. The van der Waals surface area contributed by atoms with Gasteiger partial charge in [-0.15, -0.1) is 0 Å². The number of carbonyl (C=O) groups is 2. The molecule has 176 valence electrons. The number of methoxy groups -OCH3 is 3. The van der Waals surface area contributed by atoms with Crippen molar-refractivity contribution in [3.8, 4) is 17.2 Å². The highest BCUT2D eigenvalue weighted by atomic mass is 16.5. The molecule has 3 rings (SSSR count). The first-order valence-corrected chi connectivity index (χ1v) is 10.7. The molecule has 0 aliphatic rings. The fraction of sp³-hybridized carbons (Fsp3) is 0.214. The van der Waals surface area contributed by atoms with Gasteiger partial charge in [0.05, 0.1) is 21.3 Å². The van der Waals surface area contributed by atoms with E-state index >= 15 is 0 Å². The van der Waals surface area contributed by atoms with E-state index in [0.29, 0.717) is 33.9 Å². The quantitative estimate of drug-likeness (QED) is 0.238. The van der Waals surface area contributed by atoms with Crippen molar-refractivity contribution in [2.45, 2.75) is 20.0 Å². The molecule has 0 N–H and O–H groups in total. The lowest BCUT2D eigenvalue weighted by Gasteiger charge is -2.17. The Bertz CT molecular complexity index is 1150. The molecule has 0 bridgehead atoms. The van der Waals surface area contributed by atoms with Crippen LogP contribution in [0.25, 0.3) is 6.08 Å². The summed E-state index contributed by atoms with van der Waals surface area (Å²) in [7, 11) is 4.55. The summed E-state index contributed by atoms with van der Waals surface area (Å²) in [5.41, 5.74) is 3.79. The number of esters is 1. The maximum atomic E-state index is 13.2. The molecule has 0 radical (unpaired) electrons. The third kappa shape index (κ3) is 5.84. The van der Waals surface area contributed by atoms with Crippen molar-refractivity contribution < 1.29 is 28.5 Å². The lowest BCUT2D eigenvalue weighted by atomic mass is 9.98. The summed E-state index contributed by atoms with van der Waals surface area (Å²) < 4.78 is 21.7. The van der Waals surface area contributed by atoms with Crippen LogP contribution in [0.4, 0.5) is 0 Å². The predicted octanol–water partition coefficient (Wildman–Crippen LogP) is 5.51. The van der Waals surface area contributed by atoms with E-state index in [1.165, 1.54) is 27.4 Å². The van der Waals surface area contributed by atoms with E-state index in [9.17, 15) is 9.59 Å². The molecule has 0 spiro atoms. The van der Waals surface area contributed by atoms with Gasteiger partial charge in [0.25, 0.3) is 0 Å². The zero-order valence-electron chi connectivity index (χ0n) is 20.0. The minimum Gasteiger partial charge on any atom is -0.493 e. The molecule has 0 saturated carbocycles. The lowest BCUT2D eigenvalue weighted by molar-refractivity contribution is -0.141. The zero-order valence-corrected chi connectivity index (χ0v) is 20.0. The maximum absolute atomic E-state index is 13.2. The van der Waals surface area contributed by atoms with Gasteiger partial charge < -0.3 is 18.9 Å². The SMILES string of the molecule is COc1cc(/C=C/C(=O)O[C@H](C(=O)c2ccc(C)cc2)c2ccc(C)cc2)cc(OC)c1OC. The number of carbonyl (C=O) groups excluding carboxylic acids is 2. The van der Waals surface area contributed by atoms with Gasteiger partial charge >= 0.3 is 5.97 Å². The fourth-order valence-corrected chi connectivity index (χ4v) is 3.40. The molecule has 0 heterocycles. The third-order valence-electron chi connectivity index (χ3n) is 5.29. The highest BCUT2D eigenvalue weighted by molar-refractivity contribution is 6.01. The number of ketones is 1. The van der Waals surface area contributed by atoms with Crippen molar-refractivity contribution in [2.24, 2.45) is 0 Å². The summed E-state index contributed by atoms with van der Waals surface area (Å²) >= 11 is 0. The Balaban J connectivity index is 1.87. The van der Waals surface area contributed by atoms with E-state index in [0.717, 1.165) is 11.1 Å². The summed E-state index contributed by atoms with van der Waals surface area (Å²) in [4.78, 5) is 26.0. The first-order valence-electron chi connectivity index (χ1n) is 10.7. The number of Topliss-reactive ketones (excluding diaryl/α,β-unsaturated/α-hetero) is 1. The molecule has 6 nitrogen and oxygen atoms in total. The van der Waals surface area contributed by atoms with Crippen LogP contribution in [0, 0.1) is 13.8 Å². The number of ether oxygens (including phenoxy) is 4. The van der Waals surface area contributed by atoms with E-state index in [2.05, 4.69) is 0 Å². The van der Waals surface area contributed by atoms with Crippen molar-refractivity contribution >= 4 is 17.8 Å². The van der Waals surface area contributed by atoms with Crippen LogP contribution in [-0.2, 0) is 9.53 Å². The van der Waals surface area contributed by atoms with Gasteiger partial charge in [-0.05, 0) is 37.6 Å². The Morgan fingerprint density at radius 2 is 1.29 bits per heavy atom. The average Bonchev–Trinajstić information content (AvgIpc) is 2.86. The van der Waals surface area contributed by atoms with E-state index < -0.39 is 12.1 Å². The van der Waals surface area contributed by atoms with Crippen LogP contribution in [0.3, 0.4) is 0 Å². The van der Waals surface area contributed by atoms with Gasteiger partial charge in [0.15, 0.2) is 17.6 Å². The van der Waals surface area contributed by atoms with E-state index in [-0.39, 0.29) is 5.78 Å². The van der Waals surface area contributed by atoms with Crippen molar-refractivity contribution in [1.29, 1.82) is 0 Å². The monoisotopic (exact) mass is 460 g/mol. The normalized spacial score (nSPS) is 11.7. The second-order valence-corrected chi connectivity index (χ2v) is 7.75. The van der Waals surface area contributed by atoms with Gasteiger partial charge in [-0.1, -0.05) is 59.7 Å². The molecule has 1 atom stereocenters. The summed E-state index contributed by atoms with van der Waals surface area (Å²) in [6, 6.07) is 17.9. The lowest BCUT2D eigenvalue weighted by Crippen LogP contribution is -2.19. The summed E-state index contributed by atoms with van der Waals surface area (Å²) in [6.45, 7) is 3.90. The third-order valence-corrected chi connectivity index (χ3v) is 5.29. The first-order chi connectivity index (χ1) is 16.4. The smallest absolute Gasteiger partial charge is 0.331 e. The molecule has 3 aromatic carbocycles. The van der Waals surface area contributed by atoms with Crippen LogP contribution in [0.5, 0.6) is 17.2 Å². The van der Waals surface area contributed by atoms with Crippen molar-refractivity contribution in [1.82, 2.24) is 0 Å². The van der Waals surface area contributed by atoms with Crippen molar-refractivity contribution in [2.75, 3.05) is 21.3 Å². The van der Waals surface area contributed by atoms with Crippen LogP contribution in [0.1, 0.15) is 38.7 Å². The summed E-state index contributed by atoms with van der Waals surface area (Å²) in [6.07, 6.45) is 1.76. The van der Waals surface area contributed by atoms with Crippen molar-refractivity contribution in [3.05, 3.63) is 94.6 Å². The van der Waals surface area contributed by atoms with Crippen LogP contribution in [0.15, 0.2) is 66.7 Å². The topological polar surface area (TPSA) is 71.1 Å². The number of benzene rings is 3. The summed E-state index contributed by atoms with van der Waals surface area (Å²) in [5, 5.41) is 0. The van der Waals surface area contributed by atoms with Gasteiger partial charge in [-0.25, -0.2) is 4.79 Å². The Morgan fingerprint density at radius 1 is 0.765 bits per heavy atom. The zero-order chi connectivity index (χ0) is 24.7. The minimum atomic E-state index is -1.07. The minimum absolute atomic E-state index is 0.293. The van der Waals surface area contributed by atoms with E-state index in [4.69, 9.17) is 18.9 Å². The largest absolute Gasteiger partial charge is 0.493 e. The number of hydrogen-bond donors (Lipinski definition) is 0. The molecule has 0 aliphatic heterocycles. The average molecular weight is 461 g/mol. The molecule has 0 fully saturated rings. The maximum Gasteiger partial charge on any atom is 0.331 e. The Morgan fingerprint density at radius 3 is 1.79 bits per heavy atom. The second kappa shape index (κ2) is 11.2.